The van der Waals surface area contributed by atoms with Crippen molar-refractivity contribution in [3.63, 3.8) is 0 Å². The van der Waals surface area contributed by atoms with Gasteiger partial charge in [-0.3, -0.25) is 0 Å². The minimum absolute atomic E-state index is 0.554. The summed E-state index contributed by atoms with van der Waals surface area (Å²) in [5.74, 6) is 0.826. The van der Waals surface area contributed by atoms with Crippen LogP contribution in [0.5, 0.6) is 0 Å². The van der Waals surface area contributed by atoms with Crippen LogP contribution in [0.1, 0.15) is 59.3 Å². The van der Waals surface area contributed by atoms with Gasteiger partial charge in [0.15, 0.2) is 0 Å². The van der Waals surface area contributed by atoms with Crippen LogP contribution in [0.4, 0.5) is 0 Å². The number of hydrogen-bond donors (Lipinski definition) is 1. The molecule has 1 rings (SSSR count). The van der Waals surface area contributed by atoms with Gasteiger partial charge in [0.1, 0.15) is 0 Å². The molecule has 2 nitrogen and oxygen atoms in total. The smallest absolute Gasteiger partial charge is 0.0603 e. The molecule has 1 saturated carbocycles. The third-order valence-corrected chi connectivity index (χ3v) is 3.57. The van der Waals surface area contributed by atoms with E-state index in [4.69, 9.17) is 4.74 Å². The molecule has 2 unspecified atom stereocenters. The predicted octanol–water partition coefficient (Wildman–Crippen LogP) is 3.36. The third kappa shape index (κ3) is 5.31. The van der Waals surface area contributed by atoms with Crippen molar-refractivity contribution in [3.8, 4) is 0 Å². The number of ether oxygens (including phenoxy) is 1. The van der Waals surface area contributed by atoms with Crippen LogP contribution < -0.4 is 5.32 Å². The fraction of sp³-hybridized carbons (Fsp3) is 1.00. The highest BCUT2D eigenvalue weighted by molar-refractivity contribution is 4.74. The van der Waals surface area contributed by atoms with Crippen LogP contribution in [0.25, 0.3) is 0 Å². The minimum atomic E-state index is 0.554. The molecule has 2 heteroatoms. The van der Waals surface area contributed by atoms with Gasteiger partial charge in [-0.25, -0.2) is 0 Å². The van der Waals surface area contributed by atoms with E-state index in [0.29, 0.717) is 12.1 Å². The van der Waals surface area contributed by atoms with Crippen LogP contribution >= 0.6 is 0 Å². The first-order valence-electron chi connectivity index (χ1n) is 7.09. The molecule has 16 heavy (non-hydrogen) atoms. The summed E-state index contributed by atoms with van der Waals surface area (Å²) in [6.45, 7) is 8.69. The molecule has 1 aliphatic rings. The van der Waals surface area contributed by atoms with E-state index in [9.17, 15) is 0 Å². The first-order valence-corrected chi connectivity index (χ1v) is 7.09. The molecule has 0 aromatic rings. The lowest BCUT2D eigenvalue weighted by Crippen LogP contribution is -2.29. The fourth-order valence-electron chi connectivity index (χ4n) is 2.56. The molecule has 0 spiro atoms. The highest BCUT2D eigenvalue weighted by Crippen LogP contribution is 2.29. The zero-order valence-corrected chi connectivity index (χ0v) is 11.3. The summed E-state index contributed by atoms with van der Waals surface area (Å²) >= 11 is 0. The molecule has 1 aliphatic carbocycles. The molecule has 0 radical (unpaired) electrons. The lowest BCUT2D eigenvalue weighted by Gasteiger charge is -2.30. The lowest BCUT2D eigenvalue weighted by atomic mass is 9.85. The Hall–Kier alpha value is -0.0800. The predicted molar refractivity (Wildman–Crippen MR) is 69.7 cm³/mol. The summed E-state index contributed by atoms with van der Waals surface area (Å²) < 4.78 is 6.03. The molecule has 1 N–H and O–H groups in total. The van der Waals surface area contributed by atoms with Gasteiger partial charge >= 0.3 is 0 Å². The summed E-state index contributed by atoms with van der Waals surface area (Å²) in [6, 6.07) is 0.595. The van der Waals surface area contributed by atoms with E-state index in [0.717, 1.165) is 25.5 Å². The highest BCUT2D eigenvalue weighted by atomic mass is 16.5. The van der Waals surface area contributed by atoms with E-state index in [1.54, 1.807) is 0 Å². The zero-order valence-electron chi connectivity index (χ0n) is 11.3. The van der Waals surface area contributed by atoms with Gasteiger partial charge in [-0.1, -0.05) is 40.0 Å². The van der Waals surface area contributed by atoms with Crippen LogP contribution in [-0.4, -0.2) is 25.3 Å². The molecular weight excluding hydrogens is 198 g/mol. The van der Waals surface area contributed by atoms with E-state index in [-0.39, 0.29) is 0 Å². The number of nitrogens with one attached hydrogen (secondary N) is 1. The Morgan fingerprint density at radius 1 is 1.25 bits per heavy atom. The normalized spacial score (nSPS) is 26.2. The van der Waals surface area contributed by atoms with Gasteiger partial charge in [0, 0.05) is 12.6 Å². The van der Waals surface area contributed by atoms with Crippen molar-refractivity contribution in [1.29, 1.82) is 0 Å². The first kappa shape index (κ1) is 14.0. The molecule has 2 atom stereocenters. The second-order valence-electron chi connectivity index (χ2n) is 5.32. The Morgan fingerprint density at radius 2 is 2.00 bits per heavy atom. The topological polar surface area (TPSA) is 21.3 Å². The van der Waals surface area contributed by atoms with E-state index in [1.165, 1.54) is 32.1 Å². The van der Waals surface area contributed by atoms with Gasteiger partial charge in [0.25, 0.3) is 0 Å². The van der Waals surface area contributed by atoms with Crippen molar-refractivity contribution in [3.05, 3.63) is 0 Å². The van der Waals surface area contributed by atoms with Gasteiger partial charge in [-0.05, 0) is 31.7 Å². The van der Waals surface area contributed by atoms with E-state index < -0.39 is 0 Å². The Kier molecular flexibility index (Phi) is 7.06. The van der Waals surface area contributed by atoms with E-state index in [2.05, 4.69) is 26.1 Å². The Labute approximate surface area is 101 Å². The van der Waals surface area contributed by atoms with Crippen LogP contribution in [-0.2, 0) is 4.74 Å². The van der Waals surface area contributed by atoms with Crippen LogP contribution in [0.15, 0.2) is 0 Å². The minimum Gasteiger partial charge on any atom is -0.378 e. The molecule has 0 heterocycles. The average molecular weight is 227 g/mol. The summed E-state index contributed by atoms with van der Waals surface area (Å²) in [5.41, 5.74) is 0. The Balaban J connectivity index is 2.06. The second kappa shape index (κ2) is 8.08. The van der Waals surface area contributed by atoms with Crippen molar-refractivity contribution >= 4 is 0 Å². The number of hydrogen-bond acceptors (Lipinski definition) is 2. The highest BCUT2D eigenvalue weighted by Gasteiger charge is 2.23. The maximum atomic E-state index is 6.03. The third-order valence-electron chi connectivity index (χ3n) is 3.57. The molecule has 0 aromatic heterocycles. The van der Waals surface area contributed by atoms with E-state index in [1.807, 2.05) is 0 Å². The molecular formula is C14H29NO. The fourth-order valence-corrected chi connectivity index (χ4v) is 2.56. The quantitative estimate of drug-likeness (QED) is 0.673. The van der Waals surface area contributed by atoms with Gasteiger partial charge in [0.2, 0.25) is 0 Å². The lowest BCUT2D eigenvalue weighted by molar-refractivity contribution is -0.0128. The molecule has 0 amide bonds. The van der Waals surface area contributed by atoms with Crippen molar-refractivity contribution < 1.29 is 4.74 Å². The molecule has 0 saturated heterocycles. The first-order chi connectivity index (χ1) is 7.74. The van der Waals surface area contributed by atoms with Crippen molar-refractivity contribution in [2.45, 2.75) is 71.4 Å². The second-order valence-corrected chi connectivity index (χ2v) is 5.32. The van der Waals surface area contributed by atoms with Crippen LogP contribution in [0.3, 0.4) is 0 Å². The summed E-state index contributed by atoms with van der Waals surface area (Å²) in [4.78, 5) is 0. The molecule has 96 valence electrons. The zero-order chi connectivity index (χ0) is 11.8. The maximum Gasteiger partial charge on any atom is 0.0603 e. The molecule has 0 bridgehead atoms. The van der Waals surface area contributed by atoms with Crippen LogP contribution in [0, 0.1) is 5.92 Å². The van der Waals surface area contributed by atoms with Gasteiger partial charge < -0.3 is 10.1 Å². The summed E-state index contributed by atoms with van der Waals surface area (Å²) in [6.07, 6.45) is 8.43. The standard InChI is InChI=1S/C14H29NO/c1-4-13-8-5-6-9-14(13)16-11-7-10-15-12(2)3/h12-15H,4-11H2,1-3H3. The maximum absolute atomic E-state index is 6.03. The van der Waals surface area contributed by atoms with E-state index >= 15 is 0 Å². The van der Waals surface area contributed by atoms with Gasteiger partial charge in [0.05, 0.1) is 6.10 Å². The number of rotatable bonds is 7. The SMILES string of the molecule is CCC1CCCCC1OCCCNC(C)C. The largest absolute Gasteiger partial charge is 0.378 e. The molecule has 0 aliphatic heterocycles. The van der Waals surface area contributed by atoms with Crippen molar-refractivity contribution in [2.75, 3.05) is 13.2 Å². The monoisotopic (exact) mass is 227 g/mol. The van der Waals surface area contributed by atoms with Crippen molar-refractivity contribution in [2.24, 2.45) is 5.92 Å². The molecule has 1 fully saturated rings. The molecule has 0 aromatic carbocycles. The summed E-state index contributed by atoms with van der Waals surface area (Å²) in [5, 5.41) is 3.43. The van der Waals surface area contributed by atoms with Gasteiger partial charge in [-0.2, -0.15) is 0 Å². The Morgan fingerprint density at radius 3 is 2.69 bits per heavy atom. The van der Waals surface area contributed by atoms with Crippen molar-refractivity contribution in [1.82, 2.24) is 5.32 Å². The summed E-state index contributed by atoms with van der Waals surface area (Å²) in [7, 11) is 0. The van der Waals surface area contributed by atoms with Gasteiger partial charge in [-0.15, -0.1) is 0 Å². The average Bonchev–Trinajstić information content (AvgIpc) is 2.29. The van der Waals surface area contributed by atoms with Crippen LogP contribution in [0.2, 0.25) is 0 Å². The Bertz CT molecular complexity index is 170.